The molecule has 14 heavy (non-hydrogen) atoms. The summed E-state index contributed by atoms with van der Waals surface area (Å²) in [5.41, 5.74) is 0. The molecular weight excluding hydrogens is 174 g/mol. The van der Waals surface area contributed by atoms with Crippen LogP contribution in [0.4, 0.5) is 0 Å². The van der Waals surface area contributed by atoms with Crippen molar-refractivity contribution in [1.29, 1.82) is 0 Å². The normalized spacial score (nSPS) is 36.1. The molecule has 2 heteroatoms. The molecule has 0 saturated heterocycles. The Balaban J connectivity index is 1.90. The first kappa shape index (κ1) is 10.0. The molecule has 0 aromatic carbocycles. The quantitative estimate of drug-likeness (QED) is 0.720. The molecule has 0 spiro atoms. The van der Waals surface area contributed by atoms with E-state index in [1.165, 1.54) is 32.1 Å². The number of amides is 1. The molecule has 0 radical (unpaired) electrons. The number of carbonyl (C=O) groups excluding carboxylic acids is 1. The fourth-order valence-electron chi connectivity index (χ4n) is 2.90. The van der Waals surface area contributed by atoms with Crippen LogP contribution in [0.1, 0.15) is 46.0 Å². The first-order valence-electron chi connectivity index (χ1n) is 5.97. The van der Waals surface area contributed by atoms with E-state index in [4.69, 9.17) is 0 Å². The molecule has 1 N–H and O–H groups in total. The van der Waals surface area contributed by atoms with Crippen LogP contribution in [0.15, 0.2) is 0 Å². The average Bonchev–Trinajstić information content (AvgIpc) is 2.19. The Labute approximate surface area is 86.5 Å². The topological polar surface area (TPSA) is 29.1 Å². The van der Waals surface area contributed by atoms with Gasteiger partial charge in [0.15, 0.2) is 0 Å². The number of fused-ring (bicyclic) bond motifs is 3. The lowest BCUT2D eigenvalue weighted by Gasteiger charge is -2.42. The van der Waals surface area contributed by atoms with Crippen LogP contribution < -0.4 is 5.32 Å². The smallest absolute Gasteiger partial charge is 0.222 e. The SMILES string of the molecule is CC(C)C(=O)NC1CC2CCC1CC2. The molecule has 3 rings (SSSR count). The zero-order valence-electron chi connectivity index (χ0n) is 9.25. The zero-order chi connectivity index (χ0) is 10.1. The van der Waals surface area contributed by atoms with Crippen molar-refractivity contribution in [2.24, 2.45) is 17.8 Å². The van der Waals surface area contributed by atoms with Gasteiger partial charge in [0.05, 0.1) is 0 Å². The minimum absolute atomic E-state index is 0.135. The minimum Gasteiger partial charge on any atom is -0.353 e. The molecule has 3 saturated carbocycles. The first-order valence-corrected chi connectivity index (χ1v) is 5.97. The average molecular weight is 195 g/mol. The van der Waals surface area contributed by atoms with Crippen LogP contribution in [0.3, 0.4) is 0 Å². The summed E-state index contributed by atoms with van der Waals surface area (Å²) < 4.78 is 0. The van der Waals surface area contributed by atoms with Crippen LogP contribution in [0.25, 0.3) is 0 Å². The number of hydrogen-bond acceptors (Lipinski definition) is 1. The third kappa shape index (κ3) is 1.94. The van der Waals surface area contributed by atoms with Crippen molar-refractivity contribution < 1.29 is 4.79 Å². The molecule has 1 amide bonds. The lowest BCUT2D eigenvalue weighted by atomic mass is 9.68. The Morgan fingerprint density at radius 3 is 2.29 bits per heavy atom. The van der Waals surface area contributed by atoms with Gasteiger partial charge < -0.3 is 5.32 Å². The van der Waals surface area contributed by atoms with Gasteiger partial charge in [-0.05, 0) is 31.1 Å². The molecule has 0 heterocycles. The lowest BCUT2D eigenvalue weighted by Crippen LogP contribution is -2.48. The van der Waals surface area contributed by atoms with Gasteiger partial charge >= 0.3 is 0 Å². The predicted molar refractivity (Wildman–Crippen MR) is 56.8 cm³/mol. The second kappa shape index (κ2) is 3.92. The predicted octanol–water partition coefficient (Wildman–Crippen LogP) is 2.34. The highest BCUT2D eigenvalue weighted by molar-refractivity contribution is 5.78. The van der Waals surface area contributed by atoms with Crippen molar-refractivity contribution in [3.05, 3.63) is 0 Å². The van der Waals surface area contributed by atoms with Crippen LogP contribution in [0.2, 0.25) is 0 Å². The third-order valence-electron chi connectivity index (χ3n) is 3.90. The molecule has 0 aromatic heterocycles. The summed E-state index contributed by atoms with van der Waals surface area (Å²) in [5, 5.41) is 3.21. The molecule has 3 aliphatic carbocycles. The van der Waals surface area contributed by atoms with E-state index in [-0.39, 0.29) is 11.8 Å². The van der Waals surface area contributed by atoms with E-state index in [1.807, 2.05) is 13.8 Å². The highest BCUT2D eigenvalue weighted by Crippen LogP contribution is 2.41. The van der Waals surface area contributed by atoms with E-state index < -0.39 is 0 Å². The summed E-state index contributed by atoms with van der Waals surface area (Å²) in [6, 6.07) is 0.498. The Morgan fingerprint density at radius 1 is 1.21 bits per heavy atom. The fraction of sp³-hybridized carbons (Fsp3) is 0.917. The number of hydrogen-bond donors (Lipinski definition) is 1. The lowest BCUT2D eigenvalue weighted by molar-refractivity contribution is -0.125. The minimum atomic E-state index is 0.135. The maximum atomic E-state index is 11.6. The van der Waals surface area contributed by atoms with Crippen LogP contribution >= 0.6 is 0 Å². The molecule has 2 bridgehead atoms. The summed E-state index contributed by atoms with van der Waals surface area (Å²) in [4.78, 5) is 11.6. The van der Waals surface area contributed by atoms with E-state index >= 15 is 0 Å². The van der Waals surface area contributed by atoms with Crippen LogP contribution in [-0.2, 0) is 4.79 Å². The molecular formula is C12H21NO. The molecule has 3 fully saturated rings. The van der Waals surface area contributed by atoms with Gasteiger partial charge in [0, 0.05) is 12.0 Å². The van der Waals surface area contributed by atoms with Crippen molar-refractivity contribution in [3.63, 3.8) is 0 Å². The van der Waals surface area contributed by atoms with Gasteiger partial charge in [0.1, 0.15) is 0 Å². The summed E-state index contributed by atoms with van der Waals surface area (Å²) in [6.07, 6.45) is 6.72. The van der Waals surface area contributed by atoms with Gasteiger partial charge in [-0.1, -0.05) is 26.7 Å². The third-order valence-corrected chi connectivity index (χ3v) is 3.90. The van der Waals surface area contributed by atoms with Crippen LogP contribution in [0, 0.1) is 17.8 Å². The van der Waals surface area contributed by atoms with Gasteiger partial charge in [-0.2, -0.15) is 0 Å². The molecule has 2 nitrogen and oxygen atoms in total. The molecule has 3 aliphatic rings. The van der Waals surface area contributed by atoms with Crippen molar-refractivity contribution in [1.82, 2.24) is 5.32 Å². The monoisotopic (exact) mass is 195 g/mol. The van der Waals surface area contributed by atoms with Crippen molar-refractivity contribution in [2.45, 2.75) is 52.0 Å². The second-order valence-corrected chi connectivity index (χ2v) is 5.29. The summed E-state index contributed by atoms with van der Waals surface area (Å²) in [6.45, 7) is 3.94. The highest BCUT2D eigenvalue weighted by atomic mass is 16.1. The number of carbonyl (C=O) groups is 1. The maximum absolute atomic E-state index is 11.6. The number of nitrogens with one attached hydrogen (secondary N) is 1. The van der Waals surface area contributed by atoms with Crippen molar-refractivity contribution >= 4 is 5.91 Å². The van der Waals surface area contributed by atoms with Crippen molar-refractivity contribution in [3.8, 4) is 0 Å². The van der Waals surface area contributed by atoms with Crippen LogP contribution in [-0.4, -0.2) is 11.9 Å². The summed E-state index contributed by atoms with van der Waals surface area (Å²) in [5.74, 6) is 2.05. The molecule has 1 atom stereocenters. The maximum Gasteiger partial charge on any atom is 0.222 e. The van der Waals surface area contributed by atoms with E-state index in [1.54, 1.807) is 0 Å². The van der Waals surface area contributed by atoms with Crippen LogP contribution in [0.5, 0.6) is 0 Å². The summed E-state index contributed by atoms with van der Waals surface area (Å²) in [7, 11) is 0. The molecule has 0 aliphatic heterocycles. The van der Waals surface area contributed by atoms with Gasteiger partial charge in [-0.3, -0.25) is 4.79 Å². The number of rotatable bonds is 2. The Hall–Kier alpha value is -0.530. The fourth-order valence-corrected chi connectivity index (χ4v) is 2.90. The Kier molecular flexibility index (Phi) is 2.80. The van der Waals surface area contributed by atoms with Gasteiger partial charge in [-0.25, -0.2) is 0 Å². The van der Waals surface area contributed by atoms with Crippen molar-refractivity contribution in [2.75, 3.05) is 0 Å². The Bertz CT molecular complexity index is 216. The van der Waals surface area contributed by atoms with Gasteiger partial charge in [0.2, 0.25) is 5.91 Å². The first-order chi connectivity index (χ1) is 6.66. The Morgan fingerprint density at radius 2 is 1.86 bits per heavy atom. The van der Waals surface area contributed by atoms with Gasteiger partial charge in [0.25, 0.3) is 0 Å². The van der Waals surface area contributed by atoms with E-state index in [0.29, 0.717) is 6.04 Å². The second-order valence-electron chi connectivity index (χ2n) is 5.29. The van der Waals surface area contributed by atoms with E-state index in [0.717, 1.165) is 11.8 Å². The standard InChI is InChI=1S/C12H21NO/c1-8(2)12(14)13-11-7-9-3-5-10(11)6-4-9/h8-11H,3-7H2,1-2H3,(H,13,14). The summed E-state index contributed by atoms with van der Waals surface area (Å²) >= 11 is 0. The molecule has 80 valence electrons. The molecule has 1 unspecified atom stereocenters. The van der Waals surface area contributed by atoms with E-state index in [9.17, 15) is 4.79 Å². The zero-order valence-corrected chi connectivity index (χ0v) is 9.25. The highest BCUT2D eigenvalue weighted by Gasteiger charge is 2.36. The van der Waals surface area contributed by atoms with E-state index in [2.05, 4.69) is 5.32 Å². The molecule has 0 aromatic rings. The largest absolute Gasteiger partial charge is 0.353 e. The van der Waals surface area contributed by atoms with Gasteiger partial charge in [-0.15, -0.1) is 0 Å².